The molecule has 0 rings (SSSR count). The van der Waals surface area contributed by atoms with Crippen LogP contribution in [-0.4, -0.2) is 30.1 Å². The Bertz CT molecular complexity index is 155. The van der Waals surface area contributed by atoms with E-state index in [9.17, 15) is 4.79 Å². The summed E-state index contributed by atoms with van der Waals surface area (Å²) < 4.78 is 4.20. The van der Waals surface area contributed by atoms with Crippen LogP contribution in [0.1, 0.15) is 27.2 Å². The van der Waals surface area contributed by atoms with Crippen molar-refractivity contribution in [3.8, 4) is 0 Å². The van der Waals surface area contributed by atoms with Gasteiger partial charge >= 0.3 is 6.16 Å². The molecule has 0 aromatic heterocycles. The number of ether oxygens (including phenoxy) is 1. The van der Waals surface area contributed by atoms with Gasteiger partial charge in [0.15, 0.2) is 0 Å². The van der Waals surface area contributed by atoms with E-state index in [-0.39, 0.29) is 18.8 Å². The van der Waals surface area contributed by atoms with Crippen LogP contribution in [0, 0.1) is 0 Å². The van der Waals surface area contributed by atoms with Gasteiger partial charge in [0.2, 0.25) is 0 Å². The summed E-state index contributed by atoms with van der Waals surface area (Å²) in [5.74, 6) is 0. The third kappa shape index (κ3) is 7.55. The molecule has 0 atom stereocenters. The third-order valence-corrected chi connectivity index (χ3v) is 1.53. The Morgan fingerprint density at radius 2 is 2.00 bits per heavy atom. The summed E-state index contributed by atoms with van der Waals surface area (Å²) in [5.41, 5.74) is -0.344. The zero-order valence-corrected chi connectivity index (χ0v) is 8.20. The summed E-state index contributed by atoms with van der Waals surface area (Å²) >= 11 is 0. The van der Waals surface area contributed by atoms with Gasteiger partial charge in [0.25, 0.3) is 0 Å². The van der Waals surface area contributed by atoms with Crippen LogP contribution in [0.4, 0.5) is 4.79 Å². The highest BCUT2D eigenvalue weighted by molar-refractivity contribution is 5.56. The maximum atomic E-state index is 9.90. The van der Waals surface area contributed by atoms with Crippen LogP contribution in [0.15, 0.2) is 0 Å². The van der Waals surface area contributed by atoms with Crippen LogP contribution >= 0.6 is 0 Å². The van der Waals surface area contributed by atoms with Gasteiger partial charge in [-0.15, -0.1) is 0 Å². The fourth-order valence-electron chi connectivity index (χ4n) is 0.423. The molecule has 0 spiro atoms. The molecule has 5 nitrogen and oxygen atoms in total. The molecule has 13 heavy (non-hydrogen) atoms. The van der Waals surface area contributed by atoms with Crippen LogP contribution in [0.5, 0.6) is 0 Å². The molecular weight excluding hydrogens is 176 g/mol. The van der Waals surface area contributed by atoms with Crippen molar-refractivity contribution in [3.63, 3.8) is 0 Å². The van der Waals surface area contributed by atoms with E-state index >= 15 is 0 Å². The van der Waals surface area contributed by atoms with E-state index in [0.29, 0.717) is 0 Å². The lowest BCUT2D eigenvalue weighted by molar-refractivity contribution is -0.355. The lowest BCUT2D eigenvalue weighted by atomic mass is 10.1. The van der Waals surface area contributed by atoms with E-state index < -0.39 is 6.16 Å². The first-order chi connectivity index (χ1) is 5.98. The molecule has 0 aliphatic rings. The summed E-state index contributed by atoms with van der Waals surface area (Å²) in [7, 11) is 0. The van der Waals surface area contributed by atoms with Gasteiger partial charge in [0.1, 0.15) is 13.2 Å². The smallest absolute Gasteiger partial charge is 0.450 e. The van der Waals surface area contributed by atoms with Crippen molar-refractivity contribution in [2.24, 2.45) is 0 Å². The summed E-state index contributed by atoms with van der Waals surface area (Å²) in [5, 5.41) is 8.10. The Morgan fingerprint density at radius 1 is 1.38 bits per heavy atom. The Balaban J connectivity index is 3.30. The lowest BCUT2D eigenvalue weighted by Gasteiger charge is -2.21. The molecule has 0 aliphatic carbocycles. The van der Waals surface area contributed by atoms with E-state index in [2.05, 4.69) is 4.74 Å². The minimum absolute atomic E-state index is 0.0187. The maximum absolute atomic E-state index is 9.90. The third-order valence-electron chi connectivity index (χ3n) is 1.53. The first-order valence-electron chi connectivity index (χ1n) is 4.14. The van der Waals surface area contributed by atoms with E-state index in [1.165, 1.54) is 0 Å². The molecule has 0 saturated carbocycles. The molecule has 78 valence electrons. The zero-order valence-electron chi connectivity index (χ0n) is 8.20. The number of hydrogen-bond donors (Lipinski definition) is 1. The molecule has 0 unspecified atom stereocenters. The summed E-state index contributed by atoms with van der Waals surface area (Å²) in [4.78, 5) is 19.6. The van der Waals surface area contributed by atoms with Crippen LogP contribution in [0.2, 0.25) is 0 Å². The molecular formula is C8H16O5. The fourth-order valence-corrected chi connectivity index (χ4v) is 0.423. The SMILES string of the molecule is CCC(C)(C)OOCCOC(=O)O. The van der Waals surface area contributed by atoms with Gasteiger partial charge in [-0.05, 0) is 20.3 Å². The van der Waals surface area contributed by atoms with Crippen LogP contribution in [0.3, 0.4) is 0 Å². The van der Waals surface area contributed by atoms with E-state index in [1.54, 1.807) is 0 Å². The quantitative estimate of drug-likeness (QED) is 0.301. The van der Waals surface area contributed by atoms with Gasteiger partial charge in [0, 0.05) is 0 Å². The second-order valence-electron chi connectivity index (χ2n) is 3.13. The molecule has 0 aliphatic heterocycles. The second kappa shape index (κ2) is 5.77. The van der Waals surface area contributed by atoms with Gasteiger partial charge in [0.05, 0.1) is 5.60 Å². The summed E-state index contributed by atoms with van der Waals surface area (Å²) in [6, 6.07) is 0. The Kier molecular flexibility index (Phi) is 5.41. The predicted octanol–water partition coefficient (Wildman–Crippen LogP) is 1.82. The van der Waals surface area contributed by atoms with Crippen molar-refractivity contribution in [1.29, 1.82) is 0 Å². The van der Waals surface area contributed by atoms with Crippen LogP contribution in [-0.2, 0) is 14.5 Å². The number of carbonyl (C=O) groups is 1. The molecule has 0 heterocycles. The van der Waals surface area contributed by atoms with Crippen molar-refractivity contribution in [2.75, 3.05) is 13.2 Å². The minimum atomic E-state index is -1.31. The summed E-state index contributed by atoms with van der Waals surface area (Å²) in [6.45, 7) is 5.82. The molecule has 0 bridgehead atoms. The first kappa shape index (κ1) is 12.2. The Morgan fingerprint density at radius 3 is 2.46 bits per heavy atom. The van der Waals surface area contributed by atoms with E-state index in [0.717, 1.165) is 6.42 Å². The van der Waals surface area contributed by atoms with E-state index in [1.807, 2.05) is 20.8 Å². The van der Waals surface area contributed by atoms with E-state index in [4.69, 9.17) is 14.9 Å². The van der Waals surface area contributed by atoms with Gasteiger partial charge in [-0.2, -0.15) is 0 Å². The van der Waals surface area contributed by atoms with Crippen molar-refractivity contribution in [2.45, 2.75) is 32.8 Å². The van der Waals surface area contributed by atoms with Crippen LogP contribution in [0.25, 0.3) is 0 Å². The molecule has 0 aromatic rings. The largest absolute Gasteiger partial charge is 0.505 e. The van der Waals surface area contributed by atoms with Crippen molar-refractivity contribution >= 4 is 6.16 Å². The lowest BCUT2D eigenvalue weighted by Crippen LogP contribution is -2.24. The Labute approximate surface area is 77.5 Å². The van der Waals surface area contributed by atoms with Crippen molar-refractivity contribution in [1.82, 2.24) is 0 Å². The summed E-state index contributed by atoms with van der Waals surface area (Å²) in [6.07, 6.45) is -0.495. The molecule has 0 amide bonds. The maximum Gasteiger partial charge on any atom is 0.505 e. The normalized spacial score (nSPS) is 11.3. The fraction of sp³-hybridized carbons (Fsp3) is 0.875. The molecule has 0 saturated heterocycles. The topological polar surface area (TPSA) is 65.0 Å². The highest BCUT2D eigenvalue weighted by atomic mass is 17.2. The van der Waals surface area contributed by atoms with Gasteiger partial charge in [-0.3, -0.25) is 0 Å². The standard InChI is InChI=1S/C8H16O5/c1-4-8(2,3)13-12-6-5-11-7(9)10/h4-6H2,1-3H3,(H,9,10). The number of rotatable bonds is 6. The van der Waals surface area contributed by atoms with Crippen molar-refractivity contribution in [3.05, 3.63) is 0 Å². The average molecular weight is 192 g/mol. The van der Waals surface area contributed by atoms with Gasteiger partial charge in [-0.1, -0.05) is 6.92 Å². The molecule has 5 heteroatoms. The predicted molar refractivity (Wildman–Crippen MR) is 45.4 cm³/mol. The van der Waals surface area contributed by atoms with Gasteiger partial charge < -0.3 is 9.84 Å². The molecule has 0 fully saturated rings. The molecule has 0 radical (unpaired) electrons. The second-order valence-corrected chi connectivity index (χ2v) is 3.13. The van der Waals surface area contributed by atoms with Crippen LogP contribution < -0.4 is 0 Å². The average Bonchev–Trinajstić information content (AvgIpc) is 2.03. The van der Waals surface area contributed by atoms with Gasteiger partial charge in [-0.25, -0.2) is 14.6 Å². The minimum Gasteiger partial charge on any atom is -0.450 e. The number of hydrogen-bond acceptors (Lipinski definition) is 4. The monoisotopic (exact) mass is 192 g/mol. The first-order valence-corrected chi connectivity index (χ1v) is 4.14. The Hall–Kier alpha value is -0.810. The highest BCUT2D eigenvalue weighted by Crippen LogP contribution is 2.13. The molecule has 1 N–H and O–H groups in total. The molecule has 0 aromatic carbocycles. The van der Waals surface area contributed by atoms with Crippen molar-refractivity contribution < 1.29 is 24.4 Å². The zero-order chi connectivity index (χ0) is 10.3. The highest BCUT2D eigenvalue weighted by Gasteiger charge is 2.16. The number of carboxylic acid groups (broad SMARTS) is 1.